The van der Waals surface area contributed by atoms with E-state index in [0.717, 1.165) is 12.1 Å². The van der Waals surface area contributed by atoms with Gasteiger partial charge in [-0.3, -0.25) is 14.7 Å². The highest BCUT2D eigenvalue weighted by molar-refractivity contribution is 5.78. The Morgan fingerprint density at radius 2 is 2.21 bits per heavy atom. The van der Waals surface area contributed by atoms with Gasteiger partial charge in [0.25, 0.3) is 0 Å². The molecule has 1 aromatic rings. The molecule has 106 valence electrons. The van der Waals surface area contributed by atoms with E-state index in [1.165, 1.54) is 0 Å². The topological polar surface area (TPSA) is 95.1 Å². The highest BCUT2D eigenvalue weighted by Crippen LogP contribution is 2.14. The van der Waals surface area contributed by atoms with E-state index in [4.69, 9.17) is 5.11 Å². The molecular formula is C13H21N3O3. The van der Waals surface area contributed by atoms with E-state index in [0.29, 0.717) is 12.5 Å². The number of carboxylic acid groups (broad SMARTS) is 1. The zero-order chi connectivity index (χ0) is 14.3. The molecule has 0 radical (unpaired) electrons. The normalized spacial score (nSPS) is 12.4. The lowest BCUT2D eigenvalue weighted by molar-refractivity contribution is -0.138. The molecule has 0 aliphatic heterocycles. The Morgan fingerprint density at radius 3 is 2.74 bits per heavy atom. The standard InChI is InChI=1S/C13H21N3O3/c1-9(2)5-10(6-13(18)19)8-14-12(17)7-11-3-4-15-16-11/h3-4,9-10H,5-8H2,1-2H3,(H,14,17)(H,15,16)(H,18,19)/t10-/m0/s1. The van der Waals surface area contributed by atoms with Crippen molar-refractivity contribution in [3.8, 4) is 0 Å². The van der Waals surface area contributed by atoms with Gasteiger partial charge in [-0.15, -0.1) is 0 Å². The number of H-pyrrole nitrogens is 1. The lowest BCUT2D eigenvalue weighted by atomic mass is 9.94. The van der Waals surface area contributed by atoms with Gasteiger partial charge in [0, 0.05) is 24.9 Å². The number of aromatic amines is 1. The number of aromatic nitrogens is 2. The van der Waals surface area contributed by atoms with E-state index in [-0.39, 0.29) is 24.7 Å². The number of amides is 1. The Kier molecular flexibility index (Phi) is 6.05. The lowest BCUT2D eigenvalue weighted by Crippen LogP contribution is -2.32. The minimum Gasteiger partial charge on any atom is -0.481 e. The number of hydrogen-bond acceptors (Lipinski definition) is 3. The van der Waals surface area contributed by atoms with Crippen molar-refractivity contribution in [2.24, 2.45) is 11.8 Å². The minimum absolute atomic E-state index is 0.0248. The second-order valence-corrected chi connectivity index (χ2v) is 5.16. The van der Waals surface area contributed by atoms with Gasteiger partial charge in [0.05, 0.1) is 6.42 Å². The molecule has 1 aromatic heterocycles. The first-order chi connectivity index (χ1) is 8.97. The molecule has 3 N–H and O–H groups in total. The smallest absolute Gasteiger partial charge is 0.303 e. The van der Waals surface area contributed by atoms with Crippen LogP contribution in [-0.4, -0.2) is 33.7 Å². The Hall–Kier alpha value is -1.85. The summed E-state index contributed by atoms with van der Waals surface area (Å²) < 4.78 is 0. The zero-order valence-electron chi connectivity index (χ0n) is 11.3. The van der Waals surface area contributed by atoms with Gasteiger partial charge in [-0.2, -0.15) is 5.10 Å². The van der Waals surface area contributed by atoms with Gasteiger partial charge in [-0.1, -0.05) is 13.8 Å². The van der Waals surface area contributed by atoms with E-state index in [9.17, 15) is 9.59 Å². The van der Waals surface area contributed by atoms with Crippen LogP contribution >= 0.6 is 0 Å². The summed E-state index contributed by atoms with van der Waals surface area (Å²) in [6.07, 6.45) is 2.70. The van der Waals surface area contributed by atoms with Gasteiger partial charge in [0.2, 0.25) is 5.91 Å². The molecule has 1 rings (SSSR count). The fraction of sp³-hybridized carbons (Fsp3) is 0.615. The molecule has 6 nitrogen and oxygen atoms in total. The fourth-order valence-electron chi connectivity index (χ4n) is 2.03. The second kappa shape index (κ2) is 7.56. The molecule has 1 heterocycles. The highest BCUT2D eigenvalue weighted by atomic mass is 16.4. The average Bonchev–Trinajstić information content (AvgIpc) is 2.77. The van der Waals surface area contributed by atoms with Crippen molar-refractivity contribution < 1.29 is 14.7 Å². The Balaban J connectivity index is 2.37. The summed E-state index contributed by atoms with van der Waals surface area (Å²) in [6.45, 7) is 4.49. The third-order valence-corrected chi connectivity index (χ3v) is 2.77. The van der Waals surface area contributed by atoms with Crippen LogP contribution in [0.25, 0.3) is 0 Å². The first kappa shape index (κ1) is 15.2. The average molecular weight is 267 g/mol. The van der Waals surface area contributed by atoms with E-state index >= 15 is 0 Å². The third kappa shape index (κ3) is 6.59. The predicted octanol–water partition coefficient (Wildman–Crippen LogP) is 1.21. The predicted molar refractivity (Wildman–Crippen MR) is 70.5 cm³/mol. The fourth-order valence-corrected chi connectivity index (χ4v) is 2.03. The monoisotopic (exact) mass is 267 g/mol. The second-order valence-electron chi connectivity index (χ2n) is 5.16. The quantitative estimate of drug-likeness (QED) is 0.659. The molecule has 0 saturated carbocycles. The minimum atomic E-state index is -0.825. The van der Waals surface area contributed by atoms with Crippen molar-refractivity contribution in [1.82, 2.24) is 15.5 Å². The van der Waals surface area contributed by atoms with E-state index in [2.05, 4.69) is 15.5 Å². The van der Waals surface area contributed by atoms with Crippen LogP contribution in [0.1, 0.15) is 32.4 Å². The van der Waals surface area contributed by atoms with Gasteiger partial charge in [0.1, 0.15) is 0 Å². The third-order valence-electron chi connectivity index (χ3n) is 2.77. The number of nitrogens with one attached hydrogen (secondary N) is 2. The van der Waals surface area contributed by atoms with Crippen LogP contribution in [0, 0.1) is 11.8 Å². The number of carboxylic acids is 1. The van der Waals surface area contributed by atoms with Gasteiger partial charge in [-0.05, 0) is 24.3 Å². The summed E-state index contributed by atoms with van der Waals surface area (Å²) in [7, 11) is 0. The summed E-state index contributed by atoms with van der Waals surface area (Å²) in [5, 5.41) is 18.1. The maximum atomic E-state index is 11.7. The maximum Gasteiger partial charge on any atom is 0.303 e. The molecule has 0 spiro atoms. The highest BCUT2D eigenvalue weighted by Gasteiger charge is 2.16. The number of carbonyl (C=O) groups is 2. The zero-order valence-corrected chi connectivity index (χ0v) is 11.3. The van der Waals surface area contributed by atoms with Gasteiger partial charge >= 0.3 is 5.97 Å². The summed E-state index contributed by atoms with van der Waals surface area (Å²) in [4.78, 5) is 22.4. The largest absolute Gasteiger partial charge is 0.481 e. The van der Waals surface area contributed by atoms with Crippen LogP contribution in [0.2, 0.25) is 0 Å². The summed E-state index contributed by atoms with van der Waals surface area (Å²) in [6, 6.07) is 1.74. The molecule has 0 aliphatic carbocycles. The van der Waals surface area contributed by atoms with Crippen molar-refractivity contribution in [3.63, 3.8) is 0 Å². The van der Waals surface area contributed by atoms with Crippen molar-refractivity contribution in [2.45, 2.75) is 33.1 Å². The van der Waals surface area contributed by atoms with Crippen LogP contribution in [0.15, 0.2) is 12.3 Å². The SMILES string of the molecule is CC(C)C[C@H](CNC(=O)Cc1ccn[nH]1)CC(=O)O. The Labute approximate surface area is 112 Å². The van der Waals surface area contributed by atoms with Crippen LogP contribution in [0.5, 0.6) is 0 Å². The molecule has 1 amide bonds. The van der Waals surface area contributed by atoms with Crippen molar-refractivity contribution in [3.05, 3.63) is 18.0 Å². The van der Waals surface area contributed by atoms with Crippen LogP contribution < -0.4 is 5.32 Å². The molecule has 6 heteroatoms. The number of aliphatic carboxylic acids is 1. The Bertz CT molecular complexity index is 401. The van der Waals surface area contributed by atoms with E-state index in [1.807, 2.05) is 13.8 Å². The molecule has 0 unspecified atom stereocenters. The van der Waals surface area contributed by atoms with Crippen LogP contribution in [0.4, 0.5) is 0 Å². The summed E-state index contributed by atoms with van der Waals surface area (Å²) in [5.41, 5.74) is 0.746. The first-order valence-electron chi connectivity index (χ1n) is 6.44. The molecule has 0 fully saturated rings. The molecule has 0 aromatic carbocycles. The van der Waals surface area contributed by atoms with Gasteiger partial charge < -0.3 is 10.4 Å². The Morgan fingerprint density at radius 1 is 1.47 bits per heavy atom. The van der Waals surface area contributed by atoms with Crippen molar-refractivity contribution in [1.29, 1.82) is 0 Å². The molecule has 1 atom stereocenters. The van der Waals surface area contributed by atoms with Crippen molar-refractivity contribution in [2.75, 3.05) is 6.54 Å². The molecule has 0 saturated heterocycles. The maximum absolute atomic E-state index is 11.7. The van der Waals surface area contributed by atoms with Crippen molar-refractivity contribution >= 4 is 11.9 Å². The molecule has 0 bridgehead atoms. The van der Waals surface area contributed by atoms with Gasteiger partial charge in [-0.25, -0.2) is 0 Å². The molecule has 19 heavy (non-hydrogen) atoms. The molecule has 0 aliphatic rings. The number of rotatable bonds is 8. The summed E-state index contributed by atoms with van der Waals surface area (Å²) >= 11 is 0. The number of carbonyl (C=O) groups excluding carboxylic acids is 1. The first-order valence-corrected chi connectivity index (χ1v) is 6.44. The van der Waals surface area contributed by atoms with E-state index < -0.39 is 5.97 Å². The van der Waals surface area contributed by atoms with Crippen LogP contribution in [-0.2, 0) is 16.0 Å². The number of hydrogen-bond donors (Lipinski definition) is 3. The molecular weight excluding hydrogens is 246 g/mol. The van der Waals surface area contributed by atoms with E-state index in [1.54, 1.807) is 12.3 Å². The lowest BCUT2D eigenvalue weighted by Gasteiger charge is -2.17. The van der Waals surface area contributed by atoms with Gasteiger partial charge in [0.15, 0.2) is 0 Å². The number of nitrogens with zero attached hydrogens (tertiary/aromatic N) is 1. The summed E-state index contributed by atoms with van der Waals surface area (Å²) in [5.74, 6) is -0.561. The van der Waals surface area contributed by atoms with Crippen LogP contribution in [0.3, 0.4) is 0 Å².